The molecule has 0 spiro atoms. The molecule has 1 aliphatic heterocycles. The standard InChI is InChI=1S/C13H17N5O/c1-9(12-7-4-8-19-12)18-13(15-16-17-18)10-5-2-3-6-11(10)14/h2-3,5-6,9,12H,4,7-8,14H2,1H3. The van der Waals surface area contributed by atoms with Crippen LogP contribution in [0.1, 0.15) is 25.8 Å². The predicted molar refractivity (Wildman–Crippen MR) is 71.4 cm³/mol. The van der Waals surface area contributed by atoms with Gasteiger partial charge in [0.15, 0.2) is 5.82 Å². The van der Waals surface area contributed by atoms with Crippen molar-refractivity contribution in [3.63, 3.8) is 0 Å². The van der Waals surface area contributed by atoms with Crippen LogP contribution < -0.4 is 5.73 Å². The Morgan fingerprint density at radius 3 is 3.00 bits per heavy atom. The fourth-order valence-electron chi connectivity index (χ4n) is 2.49. The first-order valence-electron chi connectivity index (χ1n) is 6.51. The minimum Gasteiger partial charge on any atom is -0.398 e. The smallest absolute Gasteiger partial charge is 0.184 e. The van der Waals surface area contributed by atoms with Gasteiger partial charge < -0.3 is 10.5 Å². The van der Waals surface area contributed by atoms with Crippen LogP contribution in [-0.4, -0.2) is 32.9 Å². The van der Waals surface area contributed by atoms with E-state index in [0.717, 1.165) is 25.0 Å². The highest BCUT2D eigenvalue weighted by atomic mass is 16.5. The topological polar surface area (TPSA) is 78.8 Å². The number of hydrogen-bond donors (Lipinski definition) is 1. The van der Waals surface area contributed by atoms with E-state index in [1.165, 1.54) is 0 Å². The molecule has 2 heterocycles. The van der Waals surface area contributed by atoms with Gasteiger partial charge >= 0.3 is 0 Å². The highest BCUT2D eigenvalue weighted by Crippen LogP contribution is 2.29. The minimum atomic E-state index is 0.104. The molecule has 1 fully saturated rings. The van der Waals surface area contributed by atoms with Crippen LogP contribution in [0.2, 0.25) is 0 Å². The molecule has 1 aromatic carbocycles. The number of hydrogen-bond acceptors (Lipinski definition) is 5. The summed E-state index contributed by atoms with van der Waals surface area (Å²) in [5.41, 5.74) is 7.53. The number of anilines is 1. The number of para-hydroxylation sites is 1. The fraction of sp³-hybridized carbons (Fsp3) is 0.462. The lowest BCUT2D eigenvalue weighted by Crippen LogP contribution is -2.22. The number of nitrogens with two attached hydrogens (primary N) is 1. The van der Waals surface area contributed by atoms with Crippen LogP contribution in [0, 0.1) is 0 Å². The molecule has 0 bridgehead atoms. The van der Waals surface area contributed by atoms with Crippen molar-refractivity contribution in [1.82, 2.24) is 20.2 Å². The third-order valence-electron chi connectivity index (χ3n) is 3.58. The Bertz CT molecular complexity index is 562. The monoisotopic (exact) mass is 259 g/mol. The molecular weight excluding hydrogens is 242 g/mol. The molecule has 2 N–H and O–H groups in total. The largest absolute Gasteiger partial charge is 0.398 e. The second-order valence-electron chi connectivity index (χ2n) is 4.83. The van der Waals surface area contributed by atoms with E-state index < -0.39 is 0 Å². The van der Waals surface area contributed by atoms with E-state index in [9.17, 15) is 0 Å². The third-order valence-corrected chi connectivity index (χ3v) is 3.58. The zero-order valence-corrected chi connectivity index (χ0v) is 10.9. The number of nitrogen functional groups attached to an aromatic ring is 1. The Kier molecular flexibility index (Phi) is 3.16. The van der Waals surface area contributed by atoms with Crippen LogP contribution in [0.25, 0.3) is 11.4 Å². The molecule has 19 heavy (non-hydrogen) atoms. The molecule has 1 saturated heterocycles. The van der Waals surface area contributed by atoms with Gasteiger partial charge in [0.2, 0.25) is 0 Å². The molecule has 1 aromatic heterocycles. The molecule has 6 nitrogen and oxygen atoms in total. The lowest BCUT2D eigenvalue weighted by atomic mass is 10.1. The van der Waals surface area contributed by atoms with Gasteiger partial charge in [-0.1, -0.05) is 12.1 Å². The Morgan fingerprint density at radius 1 is 1.42 bits per heavy atom. The summed E-state index contributed by atoms with van der Waals surface area (Å²) < 4.78 is 7.52. The van der Waals surface area contributed by atoms with E-state index in [4.69, 9.17) is 10.5 Å². The van der Waals surface area contributed by atoms with Gasteiger partial charge in [-0.15, -0.1) is 5.10 Å². The number of nitrogens with zero attached hydrogens (tertiary/aromatic N) is 4. The van der Waals surface area contributed by atoms with Gasteiger partial charge in [0, 0.05) is 17.9 Å². The summed E-state index contributed by atoms with van der Waals surface area (Å²) >= 11 is 0. The number of rotatable bonds is 3. The first-order chi connectivity index (χ1) is 9.27. The van der Waals surface area contributed by atoms with Crippen LogP contribution in [-0.2, 0) is 4.74 Å². The van der Waals surface area contributed by atoms with Gasteiger partial charge in [0.25, 0.3) is 0 Å². The lowest BCUT2D eigenvalue weighted by molar-refractivity contribution is 0.0690. The van der Waals surface area contributed by atoms with Gasteiger partial charge in [0.05, 0.1) is 12.1 Å². The molecule has 6 heteroatoms. The van der Waals surface area contributed by atoms with Gasteiger partial charge in [-0.3, -0.25) is 0 Å². The molecule has 1 aliphatic rings. The molecule has 2 unspecified atom stereocenters. The molecule has 2 aromatic rings. The minimum absolute atomic E-state index is 0.104. The van der Waals surface area contributed by atoms with Crippen molar-refractivity contribution < 1.29 is 4.74 Å². The van der Waals surface area contributed by atoms with Crippen molar-refractivity contribution >= 4 is 5.69 Å². The average Bonchev–Trinajstić information content (AvgIpc) is 3.10. The molecule has 0 aliphatic carbocycles. The van der Waals surface area contributed by atoms with Crippen LogP contribution in [0.4, 0.5) is 5.69 Å². The number of ether oxygens (including phenoxy) is 1. The highest BCUT2D eigenvalue weighted by molar-refractivity contribution is 5.71. The second kappa shape index (κ2) is 4.97. The van der Waals surface area contributed by atoms with Gasteiger partial charge in [-0.2, -0.15) is 0 Å². The van der Waals surface area contributed by atoms with E-state index in [0.29, 0.717) is 11.5 Å². The maximum atomic E-state index is 5.99. The third kappa shape index (κ3) is 2.19. The molecule has 3 rings (SSSR count). The van der Waals surface area contributed by atoms with Crippen molar-refractivity contribution in [2.45, 2.75) is 31.9 Å². The van der Waals surface area contributed by atoms with Crippen LogP contribution in [0.5, 0.6) is 0 Å². The van der Waals surface area contributed by atoms with Crippen molar-refractivity contribution in [3.05, 3.63) is 24.3 Å². The summed E-state index contributed by atoms with van der Waals surface area (Å²) in [4.78, 5) is 0. The van der Waals surface area contributed by atoms with Crippen molar-refractivity contribution in [2.75, 3.05) is 12.3 Å². The summed E-state index contributed by atoms with van der Waals surface area (Å²) in [5, 5.41) is 12.0. The van der Waals surface area contributed by atoms with Crippen molar-refractivity contribution in [2.24, 2.45) is 0 Å². The summed E-state index contributed by atoms with van der Waals surface area (Å²) in [6.07, 6.45) is 2.32. The summed E-state index contributed by atoms with van der Waals surface area (Å²) in [6, 6.07) is 7.72. The number of aromatic nitrogens is 4. The molecule has 0 amide bonds. The molecule has 0 saturated carbocycles. The van der Waals surface area contributed by atoms with Crippen LogP contribution >= 0.6 is 0 Å². The Morgan fingerprint density at radius 2 is 2.26 bits per heavy atom. The van der Waals surface area contributed by atoms with Crippen LogP contribution in [0.15, 0.2) is 24.3 Å². The quantitative estimate of drug-likeness (QED) is 0.848. The Hall–Kier alpha value is -1.95. The summed E-state index contributed by atoms with van der Waals surface area (Å²) in [7, 11) is 0. The number of benzene rings is 1. The Labute approximate surface area is 111 Å². The highest BCUT2D eigenvalue weighted by Gasteiger charge is 2.27. The predicted octanol–water partition coefficient (Wildman–Crippen LogP) is 1.66. The number of tetrazole rings is 1. The fourth-order valence-corrected chi connectivity index (χ4v) is 2.49. The average molecular weight is 259 g/mol. The van der Waals surface area contributed by atoms with Gasteiger partial charge in [-0.25, -0.2) is 4.68 Å². The van der Waals surface area contributed by atoms with Gasteiger partial charge in [-0.05, 0) is 42.3 Å². The molecule has 0 radical (unpaired) electrons. The Balaban J connectivity index is 1.96. The summed E-state index contributed by atoms with van der Waals surface area (Å²) in [6.45, 7) is 2.90. The molecular formula is C13H17N5O. The normalized spacial score (nSPS) is 20.6. The van der Waals surface area contributed by atoms with Crippen molar-refractivity contribution in [3.8, 4) is 11.4 Å². The first-order valence-corrected chi connectivity index (χ1v) is 6.51. The molecule has 100 valence electrons. The van der Waals surface area contributed by atoms with Crippen molar-refractivity contribution in [1.29, 1.82) is 0 Å². The summed E-state index contributed by atoms with van der Waals surface area (Å²) in [5.74, 6) is 0.695. The first kappa shape index (κ1) is 12.1. The maximum Gasteiger partial charge on any atom is 0.184 e. The molecule has 2 atom stereocenters. The van der Waals surface area contributed by atoms with E-state index in [2.05, 4.69) is 22.4 Å². The zero-order valence-electron chi connectivity index (χ0n) is 10.9. The SMILES string of the molecule is CC(C1CCCO1)n1nnnc1-c1ccccc1N. The van der Waals surface area contributed by atoms with E-state index in [-0.39, 0.29) is 12.1 Å². The second-order valence-corrected chi connectivity index (χ2v) is 4.83. The van der Waals surface area contributed by atoms with E-state index in [1.54, 1.807) is 0 Å². The van der Waals surface area contributed by atoms with E-state index in [1.807, 2.05) is 28.9 Å². The maximum absolute atomic E-state index is 5.99. The lowest BCUT2D eigenvalue weighted by Gasteiger charge is -2.19. The van der Waals surface area contributed by atoms with Gasteiger partial charge in [0.1, 0.15) is 0 Å². The van der Waals surface area contributed by atoms with E-state index >= 15 is 0 Å². The zero-order chi connectivity index (χ0) is 13.2. The van der Waals surface area contributed by atoms with Crippen LogP contribution in [0.3, 0.4) is 0 Å².